The van der Waals surface area contributed by atoms with Crippen molar-refractivity contribution < 1.29 is 9.47 Å². The summed E-state index contributed by atoms with van der Waals surface area (Å²) in [7, 11) is 1.69. The highest BCUT2D eigenvalue weighted by Gasteiger charge is 2.22. The summed E-state index contributed by atoms with van der Waals surface area (Å²) in [6.07, 6.45) is 2.18. The fourth-order valence-corrected chi connectivity index (χ4v) is 2.32. The molecule has 0 amide bonds. The number of methoxy groups -OCH3 is 1. The van der Waals surface area contributed by atoms with E-state index >= 15 is 0 Å². The van der Waals surface area contributed by atoms with Gasteiger partial charge in [-0.25, -0.2) is 0 Å². The molecule has 3 nitrogen and oxygen atoms in total. The Kier molecular flexibility index (Phi) is 3.89. The molecule has 0 spiro atoms. The molecule has 94 valence electrons. The SMILES string of the molecule is COc1cccc2c1OCCCC2NC(C)C. The maximum absolute atomic E-state index is 5.82. The summed E-state index contributed by atoms with van der Waals surface area (Å²) in [4.78, 5) is 0. The van der Waals surface area contributed by atoms with Gasteiger partial charge < -0.3 is 14.8 Å². The minimum absolute atomic E-state index is 0.364. The van der Waals surface area contributed by atoms with Crippen LogP contribution in [0.4, 0.5) is 0 Å². The predicted octanol–water partition coefficient (Wildman–Crippen LogP) is 2.91. The second-order valence-corrected chi connectivity index (χ2v) is 4.74. The molecule has 1 unspecified atom stereocenters. The number of ether oxygens (including phenoxy) is 2. The fraction of sp³-hybridized carbons (Fsp3) is 0.571. The van der Waals surface area contributed by atoms with Gasteiger partial charge in [-0.3, -0.25) is 0 Å². The lowest BCUT2D eigenvalue weighted by atomic mass is 10.0. The van der Waals surface area contributed by atoms with Crippen molar-refractivity contribution in [3.63, 3.8) is 0 Å². The third kappa shape index (κ3) is 2.72. The zero-order valence-electron chi connectivity index (χ0n) is 10.8. The molecule has 3 heteroatoms. The van der Waals surface area contributed by atoms with Crippen molar-refractivity contribution in [3.05, 3.63) is 23.8 Å². The molecule has 0 bridgehead atoms. The number of hydrogen-bond acceptors (Lipinski definition) is 3. The maximum atomic E-state index is 5.82. The second kappa shape index (κ2) is 5.41. The van der Waals surface area contributed by atoms with Crippen LogP contribution in [-0.2, 0) is 0 Å². The molecule has 0 aromatic heterocycles. The van der Waals surface area contributed by atoms with Crippen molar-refractivity contribution in [1.29, 1.82) is 0 Å². The molecule has 0 saturated carbocycles. The van der Waals surface area contributed by atoms with Gasteiger partial charge in [-0.2, -0.15) is 0 Å². The molecular weight excluding hydrogens is 214 g/mol. The van der Waals surface area contributed by atoms with Crippen LogP contribution in [0.3, 0.4) is 0 Å². The van der Waals surface area contributed by atoms with Gasteiger partial charge in [0.15, 0.2) is 11.5 Å². The van der Waals surface area contributed by atoms with Crippen molar-refractivity contribution in [3.8, 4) is 11.5 Å². The van der Waals surface area contributed by atoms with Gasteiger partial charge in [-0.15, -0.1) is 0 Å². The molecule has 1 aromatic rings. The zero-order valence-corrected chi connectivity index (χ0v) is 10.8. The van der Waals surface area contributed by atoms with Gasteiger partial charge in [0.05, 0.1) is 13.7 Å². The Morgan fingerprint density at radius 1 is 1.41 bits per heavy atom. The topological polar surface area (TPSA) is 30.5 Å². The van der Waals surface area contributed by atoms with Crippen LogP contribution in [0.2, 0.25) is 0 Å². The predicted molar refractivity (Wildman–Crippen MR) is 68.7 cm³/mol. The van der Waals surface area contributed by atoms with E-state index in [2.05, 4.69) is 25.2 Å². The lowest BCUT2D eigenvalue weighted by molar-refractivity contribution is 0.294. The van der Waals surface area contributed by atoms with Crippen LogP contribution < -0.4 is 14.8 Å². The Labute approximate surface area is 103 Å². The molecule has 17 heavy (non-hydrogen) atoms. The smallest absolute Gasteiger partial charge is 0.165 e. The quantitative estimate of drug-likeness (QED) is 0.873. The number of para-hydroxylation sites is 1. The van der Waals surface area contributed by atoms with Crippen LogP contribution in [0.1, 0.15) is 38.3 Å². The molecule has 1 aliphatic rings. The molecule has 0 fully saturated rings. The molecule has 1 aromatic carbocycles. The van der Waals surface area contributed by atoms with Crippen LogP contribution in [0, 0.1) is 0 Å². The van der Waals surface area contributed by atoms with E-state index in [1.54, 1.807) is 7.11 Å². The Hall–Kier alpha value is -1.22. The normalized spacial score (nSPS) is 19.4. The van der Waals surface area contributed by atoms with Crippen LogP contribution in [0.5, 0.6) is 11.5 Å². The fourth-order valence-electron chi connectivity index (χ4n) is 2.32. The van der Waals surface area contributed by atoms with Gasteiger partial charge >= 0.3 is 0 Å². The summed E-state index contributed by atoms with van der Waals surface area (Å²) in [6, 6.07) is 6.95. The van der Waals surface area contributed by atoms with E-state index in [1.165, 1.54) is 5.56 Å². The van der Waals surface area contributed by atoms with E-state index in [1.807, 2.05) is 12.1 Å². The summed E-state index contributed by atoms with van der Waals surface area (Å²) in [5.41, 5.74) is 1.22. The van der Waals surface area contributed by atoms with Crippen molar-refractivity contribution in [1.82, 2.24) is 5.32 Å². The highest BCUT2D eigenvalue weighted by atomic mass is 16.5. The summed E-state index contributed by atoms with van der Waals surface area (Å²) in [5.74, 6) is 1.74. The Balaban J connectivity index is 2.35. The standard InChI is InChI=1S/C14H21NO2/c1-10(2)15-12-7-5-9-17-14-11(12)6-4-8-13(14)16-3/h4,6,8,10,12,15H,5,7,9H2,1-3H3. The summed E-state index contributed by atoms with van der Waals surface area (Å²) in [6.45, 7) is 5.11. The average molecular weight is 235 g/mol. The Bertz CT molecular complexity index is 376. The number of benzene rings is 1. The third-order valence-corrected chi connectivity index (χ3v) is 3.02. The van der Waals surface area contributed by atoms with Crippen LogP contribution in [-0.4, -0.2) is 19.8 Å². The van der Waals surface area contributed by atoms with Crippen molar-refractivity contribution >= 4 is 0 Å². The average Bonchev–Trinajstić information content (AvgIpc) is 2.51. The van der Waals surface area contributed by atoms with Crippen molar-refractivity contribution in [2.24, 2.45) is 0 Å². The van der Waals surface area contributed by atoms with Gasteiger partial charge in [-0.1, -0.05) is 26.0 Å². The lowest BCUT2D eigenvalue weighted by Crippen LogP contribution is -2.27. The molecule has 2 rings (SSSR count). The van der Waals surface area contributed by atoms with E-state index < -0.39 is 0 Å². The summed E-state index contributed by atoms with van der Waals surface area (Å²) < 4.78 is 11.2. The molecule has 1 aliphatic heterocycles. The number of hydrogen-bond donors (Lipinski definition) is 1. The van der Waals surface area contributed by atoms with Gasteiger partial charge in [0.25, 0.3) is 0 Å². The first-order valence-electron chi connectivity index (χ1n) is 6.28. The highest BCUT2D eigenvalue weighted by molar-refractivity contribution is 5.48. The Morgan fingerprint density at radius 2 is 2.24 bits per heavy atom. The monoisotopic (exact) mass is 235 g/mol. The first-order valence-corrected chi connectivity index (χ1v) is 6.28. The van der Waals surface area contributed by atoms with Crippen molar-refractivity contribution in [2.45, 2.75) is 38.8 Å². The molecule has 0 saturated heterocycles. The third-order valence-electron chi connectivity index (χ3n) is 3.02. The summed E-state index contributed by atoms with van der Waals surface area (Å²) in [5, 5.41) is 3.59. The van der Waals surface area contributed by atoms with E-state index in [9.17, 15) is 0 Å². The van der Waals surface area contributed by atoms with Gasteiger partial charge in [-0.05, 0) is 18.9 Å². The minimum atomic E-state index is 0.364. The lowest BCUT2D eigenvalue weighted by Gasteiger charge is -2.21. The summed E-state index contributed by atoms with van der Waals surface area (Å²) >= 11 is 0. The molecule has 0 radical (unpaired) electrons. The van der Waals surface area contributed by atoms with E-state index in [-0.39, 0.29) is 0 Å². The van der Waals surface area contributed by atoms with E-state index in [4.69, 9.17) is 9.47 Å². The largest absolute Gasteiger partial charge is 0.493 e. The number of fused-ring (bicyclic) bond motifs is 1. The van der Waals surface area contributed by atoms with Gasteiger partial charge in [0, 0.05) is 17.6 Å². The number of rotatable bonds is 3. The number of nitrogens with one attached hydrogen (secondary N) is 1. The highest BCUT2D eigenvalue weighted by Crippen LogP contribution is 2.38. The second-order valence-electron chi connectivity index (χ2n) is 4.74. The molecule has 1 atom stereocenters. The molecular formula is C14H21NO2. The van der Waals surface area contributed by atoms with Gasteiger partial charge in [0.1, 0.15) is 0 Å². The maximum Gasteiger partial charge on any atom is 0.165 e. The first kappa shape index (κ1) is 12.2. The minimum Gasteiger partial charge on any atom is -0.493 e. The van der Waals surface area contributed by atoms with Gasteiger partial charge in [0.2, 0.25) is 0 Å². The van der Waals surface area contributed by atoms with Crippen LogP contribution >= 0.6 is 0 Å². The van der Waals surface area contributed by atoms with Crippen molar-refractivity contribution in [2.75, 3.05) is 13.7 Å². The van der Waals surface area contributed by atoms with Crippen LogP contribution in [0.15, 0.2) is 18.2 Å². The molecule has 0 aliphatic carbocycles. The van der Waals surface area contributed by atoms with E-state index in [0.717, 1.165) is 30.9 Å². The van der Waals surface area contributed by atoms with Crippen LogP contribution in [0.25, 0.3) is 0 Å². The first-order chi connectivity index (χ1) is 8.22. The zero-order chi connectivity index (χ0) is 12.3. The van der Waals surface area contributed by atoms with E-state index in [0.29, 0.717) is 12.1 Å². The molecule has 1 heterocycles. The Morgan fingerprint density at radius 3 is 2.94 bits per heavy atom. The molecule has 1 N–H and O–H groups in total.